The maximum Gasteiger partial charge on any atom is 1.00 e. The maximum absolute atomic E-state index is 10.9. The topological polar surface area (TPSA) is 85.7 Å². The molecule has 14 heteroatoms. The van der Waals surface area contributed by atoms with Gasteiger partial charge in [-0.05, 0) is 148 Å². The maximum atomic E-state index is 10.9. The fourth-order valence-corrected chi connectivity index (χ4v) is 11.6. The van der Waals surface area contributed by atoms with Crippen molar-refractivity contribution in [1.82, 2.24) is 29.7 Å². The minimum absolute atomic E-state index is 0. The Balaban J connectivity index is 0.000000255. The molecule has 0 aliphatic carbocycles. The van der Waals surface area contributed by atoms with Crippen molar-refractivity contribution < 1.29 is 28.8 Å². The molecule has 0 aliphatic heterocycles. The summed E-state index contributed by atoms with van der Waals surface area (Å²) in [6.45, 7) is 8.88. The average Bonchev–Trinajstić information content (AvgIpc) is 4.05. The monoisotopic (exact) mass is 1190 g/mol. The van der Waals surface area contributed by atoms with E-state index in [1.54, 1.807) is 41.9 Å². The van der Waals surface area contributed by atoms with Crippen molar-refractivity contribution in [3.05, 3.63) is 200 Å². The van der Waals surface area contributed by atoms with E-state index in [2.05, 4.69) is 175 Å². The molecule has 0 saturated carbocycles. The standard InChI is InChI=1S/C18H20N2OS.C18H20N2S.C12H14BrNS.C6H5NO.C4H9.HI.Li/c1-20(2)12-10-16-17(13-7-3-4-9-15(13)22-16)18(21)14-8-5-6-11-19-14;1-20(2)12-10-18-16(13-14-7-5-6-11-19-14)15-8-3-4-9-17(15)21-18;1-14(2)8-7-11-12(13)9-5-3-4-6-10(9)15-11;8-5-6-3-1-2-4-7-6;1-3-4-2;;/h3-9,11,18,21H,10,12H2,1-2H3;3-9,11H,10,12-13H2,1-2H3;3-6H,7-8H2,1-2H3;1-5H;1,3-4H2,2H3;1H;/q;;;;-1;;+1. The van der Waals surface area contributed by atoms with Crippen molar-refractivity contribution in [2.45, 2.75) is 51.6 Å². The summed E-state index contributed by atoms with van der Waals surface area (Å²) in [7, 11) is 12.6. The molecule has 9 rings (SSSR count). The SMILES string of the molecule is CN(C)CCc1sc2ccccc2c1Br.CN(C)CCc1sc2ccccc2c1C(O)c1ccccn1.CN(C)CCc1sc2ccccc2c1Cc1ccccn1.I.O=Cc1ccccn1.[CH2-]CCC.[Li+]. The molecule has 9 aromatic rings. The molecule has 0 aliphatic rings. The number of hydrogen-bond acceptors (Lipinski definition) is 11. The summed E-state index contributed by atoms with van der Waals surface area (Å²) >= 11 is 9.29. The molecule has 72 heavy (non-hydrogen) atoms. The van der Waals surface area contributed by atoms with Crippen LogP contribution >= 0.6 is 73.9 Å². The third-order valence-corrected chi connectivity index (χ3v) is 15.9. The van der Waals surface area contributed by atoms with Gasteiger partial charge in [0, 0.05) is 94.5 Å². The number of thiophene rings is 3. The minimum Gasteiger partial charge on any atom is -0.382 e. The van der Waals surface area contributed by atoms with Crippen LogP contribution in [-0.4, -0.2) is 103 Å². The molecule has 376 valence electrons. The van der Waals surface area contributed by atoms with E-state index >= 15 is 0 Å². The van der Waals surface area contributed by atoms with Crippen molar-refractivity contribution in [2.75, 3.05) is 61.9 Å². The largest absolute Gasteiger partial charge is 1.00 e. The molecule has 0 spiro atoms. The second kappa shape index (κ2) is 34.0. The number of aliphatic hydroxyl groups excluding tert-OH is 1. The summed E-state index contributed by atoms with van der Waals surface area (Å²) in [6.07, 6.45) is 11.6. The number of carbonyl (C=O) groups excluding carboxylic acids is 1. The van der Waals surface area contributed by atoms with Gasteiger partial charge in [-0.3, -0.25) is 19.7 Å². The number of likely N-dealkylation sites (N-methyl/N-ethyl adjacent to an activating group) is 3. The van der Waals surface area contributed by atoms with Gasteiger partial charge < -0.3 is 26.7 Å². The van der Waals surface area contributed by atoms with Crippen LogP contribution < -0.4 is 18.9 Å². The number of halogens is 2. The normalized spacial score (nSPS) is 11.0. The van der Waals surface area contributed by atoms with E-state index in [1.807, 2.05) is 65.3 Å². The number of benzene rings is 3. The number of rotatable bonds is 15. The first-order chi connectivity index (χ1) is 33.9. The van der Waals surface area contributed by atoms with E-state index in [0.29, 0.717) is 11.4 Å². The fourth-order valence-electron chi connectivity index (χ4n) is 7.16. The quantitative estimate of drug-likeness (QED) is 0.0470. The summed E-state index contributed by atoms with van der Waals surface area (Å²) in [5.74, 6) is 0. The first-order valence-electron chi connectivity index (χ1n) is 23.7. The number of aromatic nitrogens is 3. The number of aldehydes is 1. The van der Waals surface area contributed by atoms with Gasteiger partial charge in [-0.1, -0.05) is 86.1 Å². The van der Waals surface area contributed by atoms with Crippen LogP contribution in [0.3, 0.4) is 0 Å². The Labute approximate surface area is 478 Å². The van der Waals surface area contributed by atoms with Gasteiger partial charge in [0.2, 0.25) is 0 Å². The van der Waals surface area contributed by atoms with E-state index < -0.39 is 6.10 Å². The van der Waals surface area contributed by atoms with Crippen LogP contribution in [0, 0.1) is 6.92 Å². The zero-order valence-electron chi connectivity index (χ0n) is 43.1. The van der Waals surface area contributed by atoms with Gasteiger partial charge >= 0.3 is 18.9 Å². The van der Waals surface area contributed by atoms with Crippen LogP contribution in [0.1, 0.15) is 73.5 Å². The van der Waals surface area contributed by atoms with E-state index in [0.717, 1.165) is 74.7 Å². The summed E-state index contributed by atoms with van der Waals surface area (Å²) in [4.78, 5) is 33.3. The van der Waals surface area contributed by atoms with Crippen LogP contribution in [-0.2, 0) is 25.7 Å². The Hall–Kier alpha value is -3.69. The minimum atomic E-state index is -0.672. The van der Waals surface area contributed by atoms with E-state index in [1.165, 1.54) is 56.0 Å². The van der Waals surface area contributed by atoms with E-state index in [4.69, 9.17) is 0 Å². The van der Waals surface area contributed by atoms with Gasteiger partial charge in [-0.15, -0.1) is 58.0 Å². The predicted molar refractivity (Wildman–Crippen MR) is 321 cm³/mol. The van der Waals surface area contributed by atoms with Gasteiger partial charge in [0.25, 0.3) is 0 Å². The zero-order chi connectivity index (χ0) is 50.3. The van der Waals surface area contributed by atoms with Crippen LogP contribution in [0.2, 0.25) is 0 Å². The molecule has 6 aromatic heterocycles. The number of fused-ring (bicyclic) bond motifs is 3. The Morgan fingerprint density at radius 2 is 1.04 bits per heavy atom. The van der Waals surface area contributed by atoms with Crippen LogP contribution in [0.15, 0.2) is 150 Å². The van der Waals surface area contributed by atoms with Crippen molar-refractivity contribution in [2.24, 2.45) is 0 Å². The molecule has 1 unspecified atom stereocenters. The van der Waals surface area contributed by atoms with Crippen LogP contribution in [0.4, 0.5) is 0 Å². The molecule has 3 aromatic carbocycles. The molecule has 1 N–H and O–H groups in total. The molecular weight excluding hydrogens is 1120 g/mol. The fraction of sp³-hybridized carbons (Fsp3) is 0.293. The number of carbonyl (C=O) groups is 1. The first kappa shape index (κ1) is 62.6. The number of aliphatic hydroxyl groups is 1. The van der Waals surface area contributed by atoms with Crippen LogP contribution in [0.5, 0.6) is 0 Å². The van der Waals surface area contributed by atoms with Gasteiger partial charge in [0.05, 0.1) is 5.69 Å². The van der Waals surface area contributed by atoms with Gasteiger partial charge in [0.1, 0.15) is 11.8 Å². The number of nitrogens with zero attached hydrogens (tertiary/aromatic N) is 6. The first-order valence-corrected chi connectivity index (χ1v) is 26.9. The van der Waals surface area contributed by atoms with Crippen molar-refractivity contribution in [3.63, 3.8) is 0 Å². The average molecular weight is 1190 g/mol. The summed E-state index contributed by atoms with van der Waals surface area (Å²) in [5.41, 5.74) is 4.80. The summed E-state index contributed by atoms with van der Waals surface area (Å²) in [6, 6.07) is 42.6. The third-order valence-electron chi connectivity index (χ3n) is 10.9. The molecule has 0 saturated heterocycles. The van der Waals surface area contributed by atoms with Crippen molar-refractivity contribution in [3.8, 4) is 0 Å². The molecule has 0 radical (unpaired) electrons. The van der Waals surface area contributed by atoms with Crippen molar-refractivity contribution in [1.29, 1.82) is 0 Å². The summed E-state index contributed by atoms with van der Waals surface area (Å²) < 4.78 is 5.27. The Kier molecular flexibility index (Phi) is 29.6. The third kappa shape index (κ3) is 19.9. The Morgan fingerprint density at radius 1 is 0.597 bits per heavy atom. The second-order valence-corrected chi connectivity index (χ2v) is 21.5. The molecule has 1 atom stereocenters. The Morgan fingerprint density at radius 3 is 1.53 bits per heavy atom. The molecule has 6 heterocycles. The van der Waals surface area contributed by atoms with Crippen molar-refractivity contribution >= 4 is 110 Å². The van der Waals surface area contributed by atoms with E-state index in [9.17, 15) is 9.90 Å². The zero-order valence-corrected chi connectivity index (χ0v) is 49.5. The van der Waals surface area contributed by atoms with Crippen LogP contribution in [0.25, 0.3) is 30.3 Å². The molecule has 8 nitrogen and oxygen atoms in total. The Bertz CT molecular complexity index is 2900. The second-order valence-electron chi connectivity index (χ2n) is 17.3. The number of hydrogen-bond donors (Lipinski definition) is 1. The smallest absolute Gasteiger partial charge is 0.382 e. The molecule has 0 amide bonds. The predicted octanol–water partition coefficient (Wildman–Crippen LogP) is 11.4. The molecule has 0 fully saturated rings. The van der Waals surface area contributed by atoms with Gasteiger partial charge in [-0.25, -0.2) is 0 Å². The molecule has 0 bridgehead atoms. The van der Waals surface area contributed by atoms with Gasteiger partial charge in [-0.2, -0.15) is 6.42 Å². The number of pyridine rings is 3. The van der Waals surface area contributed by atoms with E-state index in [-0.39, 0.29) is 42.8 Å². The molecular formula is C58H69BrILiN6O2S3. The number of unbranched alkanes of at least 4 members (excludes halogenated alkanes) is 1. The van der Waals surface area contributed by atoms with Gasteiger partial charge in [0.15, 0.2) is 6.29 Å². The summed E-state index contributed by atoms with van der Waals surface area (Å²) in [5, 5.41) is 14.7.